The summed E-state index contributed by atoms with van der Waals surface area (Å²) in [7, 11) is 0. The molecule has 29 heavy (non-hydrogen) atoms. The largest absolute Gasteiger partial charge is 0.454 e. The lowest BCUT2D eigenvalue weighted by atomic mass is 10.1. The molecule has 158 valence electrons. The summed E-state index contributed by atoms with van der Waals surface area (Å²) in [5.41, 5.74) is 3.56. The van der Waals surface area contributed by atoms with Gasteiger partial charge in [0.1, 0.15) is 0 Å². The first kappa shape index (κ1) is 23.3. The number of nitrogens with one attached hydrogen (secondary N) is 2. The lowest BCUT2D eigenvalue weighted by Gasteiger charge is -2.12. The van der Waals surface area contributed by atoms with Gasteiger partial charge in [0.2, 0.25) is 6.79 Å². The molecule has 6 nitrogen and oxygen atoms in total. The Labute approximate surface area is 190 Å². The highest BCUT2D eigenvalue weighted by Crippen LogP contribution is 2.32. The second-order valence-corrected chi connectivity index (χ2v) is 6.51. The number of rotatable bonds is 9. The average Bonchev–Trinajstić information content (AvgIpc) is 3.19. The van der Waals surface area contributed by atoms with Crippen molar-refractivity contribution in [3.8, 4) is 11.5 Å². The fourth-order valence-corrected chi connectivity index (χ4v) is 2.89. The molecule has 0 aliphatic carbocycles. The molecule has 1 aliphatic heterocycles. The van der Waals surface area contributed by atoms with E-state index in [1.54, 1.807) is 0 Å². The standard InChI is InChI=1S/C22H29N3O3.HI/c1-3-23-22(25-14-18-5-7-19(8-6-18)15-26-4-2)24-12-11-17-9-10-20-21(13-17)28-16-27-20;/h5-10,13H,3-4,11-12,14-16H2,1-2H3,(H2,23,24,25);1H. The van der Waals surface area contributed by atoms with Gasteiger partial charge in [-0.05, 0) is 49.1 Å². The zero-order valence-electron chi connectivity index (χ0n) is 17.1. The van der Waals surface area contributed by atoms with Crippen LogP contribution in [-0.4, -0.2) is 32.4 Å². The Morgan fingerprint density at radius 3 is 2.45 bits per heavy atom. The molecule has 2 aromatic carbocycles. The van der Waals surface area contributed by atoms with Crippen LogP contribution in [0.25, 0.3) is 0 Å². The molecule has 0 atom stereocenters. The summed E-state index contributed by atoms with van der Waals surface area (Å²) >= 11 is 0. The van der Waals surface area contributed by atoms with Crippen molar-refractivity contribution < 1.29 is 14.2 Å². The second kappa shape index (κ2) is 12.5. The van der Waals surface area contributed by atoms with Crippen molar-refractivity contribution in [2.24, 2.45) is 4.99 Å². The number of nitrogens with zero attached hydrogens (tertiary/aromatic N) is 1. The van der Waals surface area contributed by atoms with E-state index in [9.17, 15) is 0 Å². The van der Waals surface area contributed by atoms with Crippen molar-refractivity contribution in [3.63, 3.8) is 0 Å². The van der Waals surface area contributed by atoms with Crippen LogP contribution in [0.1, 0.15) is 30.5 Å². The SMILES string of the molecule is CCNC(=NCc1ccc(COCC)cc1)NCCc1ccc2c(c1)OCO2.I. The van der Waals surface area contributed by atoms with Gasteiger partial charge in [0.15, 0.2) is 17.5 Å². The number of guanidine groups is 1. The molecule has 0 amide bonds. The first-order chi connectivity index (χ1) is 13.8. The van der Waals surface area contributed by atoms with Crippen LogP contribution in [0.3, 0.4) is 0 Å². The highest BCUT2D eigenvalue weighted by atomic mass is 127. The summed E-state index contributed by atoms with van der Waals surface area (Å²) in [6, 6.07) is 14.5. The summed E-state index contributed by atoms with van der Waals surface area (Å²) < 4.78 is 16.2. The van der Waals surface area contributed by atoms with Crippen LogP contribution < -0.4 is 20.1 Å². The van der Waals surface area contributed by atoms with E-state index in [1.807, 2.05) is 19.1 Å². The van der Waals surface area contributed by atoms with Crippen LogP contribution in [-0.2, 0) is 24.3 Å². The number of hydrogen-bond donors (Lipinski definition) is 2. The number of ether oxygens (including phenoxy) is 3. The maximum Gasteiger partial charge on any atom is 0.231 e. The molecule has 0 saturated carbocycles. The van der Waals surface area contributed by atoms with Gasteiger partial charge in [-0.2, -0.15) is 0 Å². The Kier molecular flexibility index (Phi) is 10.1. The molecule has 0 spiro atoms. The Hall–Kier alpha value is -2.00. The minimum atomic E-state index is 0. The van der Waals surface area contributed by atoms with Crippen molar-refractivity contribution in [2.45, 2.75) is 33.4 Å². The van der Waals surface area contributed by atoms with Gasteiger partial charge in [-0.25, -0.2) is 4.99 Å². The lowest BCUT2D eigenvalue weighted by Crippen LogP contribution is -2.38. The molecule has 0 unspecified atom stereocenters. The maximum atomic E-state index is 5.44. The number of benzene rings is 2. The van der Waals surface area contributed by atoms with E-state index in [2.05, 4.69) is 52.9 Å². The Bertz CT molecular complexity index is 781. The van der Waals surface area contributed by atoms with E-state index in [1.165, 1.54) is 16.7 Å². The van der Waals surface area contributed by atoms with Gasteiger partial charge in [0.25, 0.3) is 0 Å². The highest BCUT2D eigenvalue weighted by molar-refractivity contribution is 14.0. The molecule has 3 rings (SSSR count). The molecule has 0 aromatic heterocycles. The van der Waals surface area contributed by atoms with Crippen LogP contribution in [0.4, 0.5) is 0 Å². The molecular weight excluding hydrogens is 481 g/mol. The van der Waals surface area contributed by atoms with E-state index in [-0.39, 0.29) is 24.0 Å². The van der Waals surface area contributed by atoms with E-state index in [4.69, 9.17) is 14.2 Å². The minimum absolute atomic E-state index is 0. The molecule has 0 saturated heterocycles. The molecule has 0 bridgehead atoms. The maximum absolute atomic E-state index is 5.44. The van der Waals surface area contributed by atoms with E-state index in [0.717, 1.165) is 43.6 Å². The number of hydrogen-bond acceptors (Lipinski definition) is 4. The number of fused-ring (bicyclic) bond motifs is 1. The average molecular weight is 511 g/mol. The van der Waals surface area contributed by atoms with Crippen molar-refractivity contribution in [1.29, 1.82) is 0 Å². The minimum Gasteiger partial charge on any atom is -0.454 e. The zero-order chi connectivity index (χ0) is 19.6. The van der Waals surface area contributed by atoms with Gasteiger partial charge in [-0.1, -0.05) is 30.3 Å². The van der Waals surface area contributed by atoms with Crippen LogP contribution in [0.15, 0.2) is 47.5 Å². The summed E-state index contributed by atoms with van der Waals surface area (Å²) in [4.78, 5) is 4.68. The Balaban J connectivity index is 0.00000300. The molecule has 0 fully saturated rings. The van der Waals surface area contributed by atoms with Gasteiger partial charge in [-0.15, -0.1) is 24.0 Å². The van der Waals surface area contributed by atoms with E-state index >= 15 is 0 Å². The van der Waals surface area contributed by atoms with Crippen LogP contribution in [0.5, 0.6) is 11.5 Å². The van der Waals surface area contributed by atoms with Crippen LogP contribution >= 0.6 is 24.0 Å². The molecule has 7 heteroatoms. The van der Waals surface area contributed by atoms with Gasteiger partial charge in [0, 0.05) is 19.7 Å². The quantitative estimate of drug-likeness (QED) is 0.304. The monoisotopic (exact) mass is 511 g/mol. The summed E-state index contributed by atoms with van der Waals surface area (Å²) in [5.74, 6) is 2.46. The molecular formula is C22H30IN3O3. The van der Waals surface area contributed by atoms with Crippen LogP contribution in [0, 0.1) is 0 Å². The van der Waals surface area contributed by atoms with Crippen molar-refractivity contribution in [3.05, 3.63) is 59.2 Å². The molecule has 2 aromatic rings. The third-order valence-electron chi connectivity index (χ3n) is 4.40. The third-order valence-corrected chi connectivity index (χ3v) is 4.40. The number of halogens is 1. The predicted octanol–water partition coefficient (Wildman–Crippen LogP) is 3.87. The van der Waals surface area contributed by atoms with Gasteiger partial charge >= 0.3 is 0 Å². The first-order valence-corrected chi connectivity index (χ1v) is 9.84. The van der Waals surface area contributed by atoms with Gasteiger partial charge in [-0.3, -0.25) is 0 Å². The normalized spacial score (nSPS) is 12.4. The Morgan fingerprint density at radius 2 is 1.69 bits per heavy atom. The summed E-state index contributed by atoms with van der Waals surface area (Å²) in [6.45, 7) is 8.01. The van der Waals surface area contributed by atoms with Crippen molar-refractivity contribution >= 4 is 29.9 Å². The summed E-state index contributed by atoms with van der Waals surface area (Å²) in [6.07, 6.45) is 0.882. The van der Waals surface area contributed by atoms with Crippen LogP contribution in [0.2, 0.25) is 0 Å². The molecule has 1 aliphatic rings. The van der Waals surface area contributed by atoms with E-state index in [0.29, 0.717) is 19.9 Å². The van der Waals surface area contributed by atoms with Crippen molar-refractivity contribution in [1.82, 2.24) is 10.6 Å². The predicted molar refractivity (Wildman–Crippen MR) is 126 cm³/mol. The molecule has 2 N–H and O–H groups in total. The number of aliphatic imine (C=N–C) groups is 1. The Morgan fingerprint density at radius 1 is 0.966 bits per heavy atom. The third kappa shape index (κ3) is 7.40. The van der Waals surface area contributed by atoms with Crippen molar-refractivity contribution in [2.75, 3.05) is 26.5 Å². The van der Waals surface area contributed by atoms with Gasteiger partial charge < -0.3 is 24.8 Å². The summed E-state index contributed by atoms with van der Waals surface area (Å²) in [5, 5.41) is 6.69. The fourth-order valence-electron chi connectivity index (χ4n) is 2.89. The second-order valence-electron chi connectivity index (χ2n) is 6.51. The molecule has 1 heterocycles. The van der Waals surface area contributed by atoms with Gasteiger partial charge in [0.05, 0.1) is 13.2 Å². The zero-order valence-corrected chi connectivity index (χ0v) is 19.4. The molecule has 0 radical (unpaired) electrons. The highest BCUT2D eigenvalue weighted by Gasteiger charge is 2.12. The first-order valence-electron chi connectivity index (χ1n) is 9.84. The smallest absolute Gasteiger partial charge is 0.231 e. The topological polar surface area (TPSA) is 64.1 Å². The lowest BCUT2D eigenvalue weighted by molar-refractivity contribution is 0.134. The van der Waals surface area contributed by atoms with E-state index < -0.39 is 0 Å². The fraction of sp³-hybridized carbons (Fsp3) is 0.409.